The Morgan fingerprint density at radius 1 is 1.50 bits per heavy atom. The summed E-state index contributed by atoms with van der Waals surface area (Å²) in [6.07, 6.45) is 5.04. The summed E-state index contributed by atoms with van der Waals surface area (Å²) >= 11 is 1.32. The molecule has 0 aliphatic carbocycles. The second-order valence-corrected chi connectivity index (χ2v) is 4.47. The molecule has 1 amide bonds. The first-order valence-electron chi connectivity index (χ1n) is 4.69. The minimum atomic E-state index is -0.427. The number of hydrazine groups is 1. The fourth-order valence-electron chi connectivity index (χ4n) is 1.69. The zero-order valence-corrected chi connectivity index (χ0v) is 8.97. The predicted octanol–water partition coefficient (Wildman–Crippen LogP) is -0.737. The van der Waals surface area contributed by atoms with Crippen molar-refractivity contribution in [3.63, 3.8) is 0 Å². The summed E-state index contributed by atoms with van der Waals surface area (Å²) in [5, 5.41) is 3.91. The Bertz CT molecular complexity index is 490. The Balaban J connectivity index is 2.07. The van der Waals surface area contributed by atoms with Crippen molar-refractivity contribution in [1.82, 2.24) is 16.2 Å². The number of thioether (sulfide) groups is 1. The van der Waals surface area contributed by atoms with Gasteiger partial charge in [-0.3, -0.25) is 4.79 Å². The second kappa shape index (κ2) is 3.39. The van der Waals surface area contributed by atoms with Crippen molar-refractivity contribution in [2.75, 3.05) is 0 Å². The number of hydrogen-bond acceptors (Lipinski definition) is 6. The van der Waals surface area contributed by atoms with Crippen molar-refractivity contribution >= 4 is 24.0 Å². The van der Waals surface area contributed by atoms with Crippen LogP contribution in [0.15, 0.2) is 38.3 Å². The van der Waals surface area contributed by atoms with Gasteiger partial charge in [-0.2, -0.15) is 0 Å². The van der Waals surface area contributed by atoms with Gasteiger partial charge in [-0.05, 0) is 12.2 Å². The molecule has 0 aromatic carbocycles. The molecule has 1 saturated heterocycles. The van der Waals surface area contributed by atoms with Crippen molar-refractivity contribution in [3.05, 3.63) is 33.4 Å². The van der Waals surface area contributed by atoms with Gasteiger partial charge in [0.25, 0.3) is 5.91 Å². The number of nitrogens with one attached hydrogen (secondary N) is 3. The summed E-state index contributed by atoms with van der Waals surface area (Å²) < 4.78 is 0. The van der Waals surface area contributed by atoms with Crippen molar-refractivity contribution in [2.45, 2.75) is 6.17 Å². The molecule has 7 heteroatoms. The third kappa shape index (κ3) is 1.33. The summed E-state index contributed by atoms with van der Waals surface area (Å²) in [5.74, 6) is -0.427. The van der Waals surface area contributed by atoms with Gasteiger partial charge >= 0.3 is 0 Å². The first-order valence-corrected chi connectivity index (χ1v) is 5.51. The number of carbonyl (C=O) groups excluding carboxylic acids is 1. The lowest BCUT2D eigenvalue weighted by Crippen LogP contribution is -2.32. The molecule has 0 spiro atoms. The van der Waals surface area contributed by atoms with Crippen molar-refractivity contribution in [2.24, 2.45) is 10.7 Å². The molecule has 0 bridgehead atoms. The van der Waals surface area contributed by atoms with Gasteiger partial charge in [0.15, 0.2) is 0 Å². The van der Waals surface area contributed by atoms with E-state index >= 15 is 0 Å². The molecule has 1 atom stereocenters. The Hall–Kier alpha value is -1.73. The highest BCUT2D eigenvalue weighted by Crippen LogP contribution is 2.35. The van der Waals surface area contributed by atoms with E-state index in [-0.39, 0.29) is 6.17 Å². The van der Waals surface area contributed by atoms with Crippen LogP contribution >= 0.6 is 11.8 Å². The lowest BCUT2D eigenvalue weighted by atomic mass is 10.1. The van der Waals surface area contributed by atoms with Gasteiger partial charge in [0.05, 0.1) is 22.0 Å². The average molecular weight is 235 g/mol. The minimum Gasteiger partial charge on any atom is -0.365 e. The molecule has 1 unspecified atom stereocenters. The highest BCUT2D eigenvalue weighted by atomic mass is 32.2. The van der Waals surface area contributed by atoms with Gasteiger partial charge in [-0.15, -0.1) is 0 Å². The number of primary amides is 1. The van der Waals surface area contributed by atoms with Gasteiger partial charge in [-0.25, -0.2) is 10.4 Å². The number of nitrogens with zero attached hydrogens (tertiary/aromatic N) is 1. The fourth-order valence-corrected chi connectivity index (χ4v) is 2.59. The molecular formula is C9H9N5OS. The maximum Gasteiger partial charge on any atom is 0.255 e. The van der Waals surface area contributed by atoms with Gasteiger partial charge in [-0.1, -0.05) is 11.8 Å². The van der Waals surface area contributed by atoms with E-state index in [4.69, 9.17) is 5.73 Å². The zero-order valence-electron chi connectivity index (χ0n) is 8.15. The lowest BCUT2D eigenvalue weighted by Gasteiger charge is -2.16. The zero-order chi connectivity index (χ0) is 11.1. The van der Waals surface area contributed by atoms with Crippen LogP contribution in [0.2, 0.25) is 0 Å². The number of aliphatic imine (C=N–C) groups is 1. The van der Waals surface area contributed by atoms with Crippen LogP contribution in [0.3, 0.4) is 0 Å². The predicted molar refractivity (Wildman–Crippen MR) is 61.7 cm³/mol. The van der Waals surface area contributed by atoms with Crippen LogP contribution < -0.4 is 21.9 Å². The highest BCUT2D eigenvalue weighted by Gasteiger charge is 2.31. The van der Waals surface area contributed by atoms with E-state index in [1.165, 1.54) is 11.8 Å². The average Bonchev–Trinajstić information content (AvgIpc) is 2.57. The summed E-state index contributed by atoms with van der Waals surface area (Å²) in [6, 6.07) is 0. The molecule has 16 heavy (non-hydrogen) atoms. The minimum absolute atomic E-state index is 0.101. The van der Waals surface area contributed by atoms with Crippen LogP contribution in [0.1, 0.15) is 0 Å². The SMILES string of the molecule is NC(=O)C1=CC=C2NNC3N=CNC(=C23)S1. The molecule has 3 aliphatic heterocycles. The van der Waals surface area contributed by atoms with Gasteiger partial charge < -0.3 is 16.5 Å². The maximum atomic E-state index is 11.2. The summed E-state index contributed by atoms with van der Waals surface area (Å²) in [7, 11) is 0. The van der Waals surface area contributed by atoms with Gasteiger partial charge in [0, 0.05) is 5.57 Å². The van der Waals surface area contributed by atoms with Crippen LogP contribution in [-0.4, -0.2) is 18.4 Å². The quantitative estimate of drug-likeness (QED) is 0.480. The van der Waals surface area contributed by atoms with E-state index < -0.39 is 5.91 Å². The number of allylic oxidation sites excluding steroid dienone is 2. The van der Waals surface area contributed by atoms with E-state index in [2.05, 4.69) is 21.2 Å². The first-order chi connectivity index (χ1) is 7.75. The third-order valence-electron chi connectivity index (χ3n) is 2.43. The second-order valence-electron chi connectivity index (χ2n) is 3.41. The summed E-state index contributed by atoms with van der Waals surface area (Å²) in [4.78, 5) is 15.9. The first kappa shape index (κ1) is 9.49. The van der Waals surface area contributed by atoms with E-state index in [0.717, 1.165) is 16.3 Å². The molecule has 6 nitrogen and oxygen atoms in total. The number of amides is 1. The molecule has 0 aromatic rings. The topological polar surface area (TPSA) is 91.5 Å². The highest BCUT2D eigenvalue weighted by molar-refractivity contribution is 8.07. The van der Waals surface area contributed by atoms with Crippen molar-refractivity contribution < 1.29 is 4.79 Å². The normalized spacial score (nSPS) is 26.1. The molecule has 0 saturated carbocycles. The van der Waals surface area contributed by atoms with Crippen molar-refractivity contribution in [3.8, 4) is 0 Å². The van der Waals surface area contributed by atoms with E-state index in [9.17, 15) is 4.79 Å². The Morgan fingerprint density at radius 3 is 3.19 bits per heavy atom. The van der Waals surface area contributed by atoms with Gasteiger partial charge in [0.2, 0.25) is 0 Å². The number of carbonyl (C=O) groups is 1. The molecule has 0 aromatic heterocycles. The molecule has 1 fully saturated rings. The third-order valence-corrected chi connectivity index (χ3v) is 3.53. The number of nitrogens with two attached hydrogens (primary N) is 1. The smallest absolute Gasteiger partial charge is 0.255 e. The van der Waals surface area contributed by atoms with Gasteiger partial charge in [0.1, 0.15) is 6.17 Å². The van der Waals surface area contributed by atoms with E-state index in [0.29, 0.717) is 4.91 Å². The Labute approximate surface area is 95.7 Å². The molecule has 3 aliphatic rings. The Morgan fingerprint density at radius 2 is 2.38 bits per heavy atom. The van der Waals surface area contributed by atoms with Crippen LogP contribution in [0.5, 0.6) is 0 Å². The van der Waals surface area contributed by atoms with Crippen LogP contribution in [-0.2, 0) is 4.79 Å². The summed E-state index contributed by atoms with van der Waals surface area (Å²) in [6.45, 7) is 0. The van der Waals surface area contributed by atoms with E-state index in [1.807, 2.05) is 6.08 Å². The molecule has 5 N–H and O–H groups in total. The van der Waals surface area contributed by atoms with Crippen LogP contribution in [0, 0.1) is 0 Å². The monoisotopic (exact) mass is 235 g/mol. The molecule has 0 radical (unpaired) electrons. The molecular weight excluding hydrogens is 226 g/mol. The fraction of sp³-hybridized carbons (Fsp3) is 0.111. The Kier molecular flexibility index (Phi) is 2.01. The molecule has 3 heterocycles. The maximum absolute atomic E-state index is 11.2. The van der Waals surface area contributed by atoms with Crippen molar-refractivity contribution in [1.29, 1.82) is 0 Å². The van der Waals surface area contributed by atoms with Crippen LogP contribution in [0.25, 0.3) is 0 Å². The van der Waals surface area contributed by atoms with Crippen LogP contribution in [0.4, 0.5) is 0 Å². The molecule has 82 valence electrons. The van der Waals surface area contributed by atoms with E-state index in [1.54, 1.807) is 12.4 Å². The standard InChI is InChI=1S/C9H9N5OS/c10-7(15)5-2-1-4-6-8(14-13-4)11-3-12-9(6)16-5/h1-3,8,13-14H,(H2,10,15)(H,11,12). The summed E-state index contributed by atoms with van der Waals surface area (Å²) in [5.41, 5.74) is 13.3. The largest absolute Gasteiger partial charge is 0.365 e. The lowest BCUT2D eigenvalue weighted by molar-refractivity contribution is -0.113. The number of rotatable bonds is 1. The molecule has 3 rings (SSSR count). The number of hydrogen-bond donors (Lipinski definition) is 4.